The maximum Gasteiger partial charge on any atom is 0.322 e. The second-order valence-electron chi connectivity index (χ2n) is 7.09. The second kappa shape index (κ2) is 9.19. The van der Waals surface area contributed by atoms with Crippen molar-refractivity contribution in [2.45, 2.75) is 6.92 Å². The largest absolute Gasteiger partial charge is 0.493 e. The quantitative estimate of drug-likeness (QED) is 0.417. The average molecular weight is 423 g/mol. The molecule has 1 aromatic heterocycles. The molecule has 32 heavy (non-hydrogen) atoms. The maximum absolute atomic E-state index is 11.1. The number of carboxylic acids is 1. The molecule has 0 unspecified atom stereocenters. The summed E-state index contributed by atoms with van der Waals surface area (Å²) < 4.78 is 5.74. The van der Waals surface area contributed by atoms with Crippen molar-refractivity contribution >= 4 is 22.6 Å². The second-order valence-corrected chi connectivity index (χ2v) is 7.09. The number of aliphatic carboxylic acids is 1. The molecule has 3 aromatic carbocycles. The van der Waals surface area contributed by atoms with Crippen molar-refractivity contribution in [2.75, 3.05) is 18.5 Å². The summed E-state index contributed by atoms with van der Waals surface area (Å²) in [5, 5.41) is 22.6. The lowest BCUT2D eigenvalue weighted by Crippen LogP contribution is -2.14. The van der Waals surface area contributed by atoms with Gasteiger partial charge < -0.3 is 15.2 Å². The number of fused-ring (bicyclic) bond motifs is 1. The van der Waals surface area contributed by atoms with Crippen molar-refractivity contribution in [3.8, 4) is 34.2 Å². The summed E-state index contributed by atoms with van der Waals surface area (Å²) >= 11 is 0. The fourth-order valence-corrected chi connectivity index (χ4v) is 3.67. The van der Waals surface area contributed by atoms with Gasteiger partial charge >= 0.3 is 5.97 Å². The summed E-state index contributed by atoms with van der Waals surface area (Å²) in [5.74, 6) is -0.196. The molecule has 0 fully saturated rings. The molecule has 0 aliphatic rings. The smallest absolute Gasteiger partial charge is 0.322 e. The minimum absolute atomic E-state index is 0.296. The van der Waals surface area contributed by atoms with E-state index in [1.54, 1.807) is 0 Å². The molecule has 0 radical (unpaired) electrons. The van der Waals surface area contributed by atoms with E-state index in [-0.39, 0.29) is 6.54 Å². The van der Waals surface area contributed by atoms with Gasteiger partial charge in [-0.1, -0.05) is 60.7 Å². The number of pyridine rings is 1. The molecule has 4 rings (SSSR count). The van der Waals surface area contributed by atoms with Crippen molar-refractivity contribution < 1.29 is 14.6 Å². The van der Waals surface area contributed by atoms with E-state index in [4.69, 9.17) is 14.8 Å². The number of rotatable bonds is 7. The number of benzene rings is 3. The van der Waals surface area contributed by atoms with E-state index in [2.05, 4.69) is 11.4 Å². The highest BCUT2D eigenvalue weighted by Crippen LogP contribution is 2.35. The van der Waals surface area contributed by atoms with Crippen LogP contribution in [0.3, 0.4) is 0 Å². The van der Waals surface area contributed by atoms with E-state index in [0.29, 0.717) is 34.5 Å². The Kier molecular flexibility index (Phi) is 6.00. The van der Waals surface area contributed by atoms with Crippen LogP contribution in [-0.2, 0) is 4.79 Å². The molecule has 6 heteroatoms. The van der Waals surface area contributed by atoms with Gasteiger partial charge in [-0.15, -0.1) is 0 Å². The van der Waals surface area contributed by atoms with Crippen LogP contribution in [0.25, 0.3) is 33.3 Å². The van der Waals surface area contributed by atoms with Gasteiger partial charge in [-0.05, 0) is 24.6 Å². The van der Waals surface area contributed by atoms with Crippen molar-refractivity contribution in [2.24, 2.45) is 0 Å². The van der Waals surface area contributed by atoms with Crippen LogP contribution >= 0.6 is 0 Å². The minimum Gasteiger partial charge on any atom is -0.493 e. The molecular weight excluding hydrogens is 402 g/mol. The molecular formula is C26H21N3O3. The zero-order valence-electron chi connectivity index (χ0n) is 17.5. The Labute approximate surface area is 185 Å². The number of nitrogens with one attached hydrogen (secondary N) is 1. The SMILES string of the molecule is CCOc1ccccc1-c1ccc(-c2nc3ccccc3c(NCC(=O)O)c2C#N)cc1. The number of hydrogen-bond acceptors (Lipinski definition) is 5. The van der Waals surface area contributed by atoms with Crippen molar-refractivity contribution in [1.29, 1.82) is 5.26 Å². The first kappa shape index (κ1) is 20.9. The molecule has 0 atom stereocenters. The molecule has 0 saturated heterocycles. The van der Waals surface area contributed by atoms with Gasteiger partial charge in [0, 0.05) is 16.5 Å². The highest BCUT2D eigenvalue weighted by Gasteiger charge is 2.17. The van der Waals surface area contributed by atoms with E-state index < -0.39 is 5.97 Å². The van der Waals surface area contributed by atoms with E-state index >= 15 is 0 Å². The van der Waals surface area contributed by atoms with Crippen LogP contribution in [0.1, 0.15) is 12.5 Å². The third kappa shape index (κ3) is 4.09. The van der Waals surface area contributed by atoms with Crippen LogP contribution in [0.15, 0.2) is 72.8 Å². The highest BCUT2D eigenvalue weighted by molar-refractivity contribution is 5.98. The Morgan fingerprint density at radius 1 is 1.03 bits per heavy atom. The average Bonchev–Trinajstić information content (AvgIpc) is 2.82. The van der Waals surface area contributed by atoms with Crippen LogP contribution in [0.2, 0.25) is 0 Å². The standard InChI is InChI=1S/C26H21N3O3/c1-2-32-23-10-6-4-7-19(23)17-11-13-18(14-12-17)25-21(15-27)26(28-16-24(30)31)20-8-3-5-9-22(20)29-25/h3-14H,2,16H2,1H3,(H,28,29)(H,30,31). The molecule has 1 heterocycles. The van der Waals surface area contributed by atoms with Gasteiger partial charge in [-0.2, -0.15) is 5.26 Å². The van der Waals surface area contributed by atoms with E-state index in [0.717, 1.165) is 22.4 Å². The van der Waals surface area contributed by atoms with Crippen LogP contribution in [0.5, 0.6) is 5.75 Å². The van der Waals surface area contributed by atoms with Gasteiger partial charge in [0.15, 0.2) is 0 Å². The fraction of sp³-hybridized carbons (Fsp3) is 0.115. The summed E-state index contributed by atoms with van der Waals surface area (Å²) in [4.78, 5) is 15.9. The maximum atomic E-state index is 11.1. The summed E-state index contributed by atoms with van der Waals surface area (Å²) in [6.07, 6.45) is 0. The van der Waals surface area contributed by atoms with Crippen molar-refractivity contribution in [3.05, 3.63) is 78.4 Å². The summed E-state index contributed by atoms with van der Waals surface area (Å²) in [6, 6.07) is 25.2. The zero-order chi connectivity index (χ0) is 22.5. The molecule has 0 bridgehead atoms. The highest BCUT2D eigenvalue weighted by atomic mass is 16.5. The Morgan fingerprint density at radius 3 is 2.44 bits per heavy atom. The lowest BCUT2D eigenvalue weighted by atomic mass is 9.98. The molecule has 0 saturated carbocycles. The fourth-order valence-electron chi connectivity index (χ4n) is 3.67. The van der Waals surface area contributed by atoms with Crippen LogP contribution < -0.4 is 10.1 Å². The molecule has 0 spiro atoms. The third-order valence-electron chi connectivity index (χ3n) is 5.08. The number of ether oxygens (including phenoxy) is 1. The number of hydrogen-bond donors (Lipinski definition) is 2. The van der Waals surface area contributed by atoms with Crippen LogP contribution in [-0.4, -0.2) is 29.2 Å². The van der Waals surface area contributed by atoms with Crippen LogP contribution in [0, 0.1) is 11.3 Å². The number of aromatic nitrogens is 1. The Bertz CT molecular complexity index is 1320. The van der Waals surface area contributed by atoms with Gasteiger partial charge in [0.05, 0.1) is 23.5 Å². The van der Waals surface area contributed by atoms with Gasteiger partial charge in [0.25, 0.3) is 0 Å². The predicted octanol–water partition coefficient (Wildman–Crippen LogP) is 5.34. The molecule has 158 valence electrons. The zero-order valence-corrected chi connectivity index (χ0v) is 17.5. The predicted molar refractivity (Wildman–Crippen MR) is 125 cm³/mol. The normalized spacial score (nSPS) is 10.5. The summed E-state index contributed by atoms with van der Waals surface area (Å²) in [5.41, 5.74) is 4.71. The molecule has 0 aliphatic heterocycles. The van der Waals surface area contributed by atoms with E-state index in [9.17, 15) is 10.1 Å². The van der Waals surface area contributed by atoms with Gasteiger partial charge in [0.2, 0.25) is 0 Å². The van der Waals surface area contributed by atoms with E-state index in [1.165, 1.54) is 0 Å². The van der Waals surface area contributed by atoms with Crippen molar-refractivity contribution in [1.82, 2.24) is 4.98 Å². The Balaban J connectivity index is 1.82. The number of anilines is 1. The van der Waals surface area contributed by atoms with Gasteiger partial charge in [-0.25, -0.2) is 4.98 Å². The molecule has 2 N–H and O–H groups in total. The van der Waals surface area contributed by atoms with Crippen molar-refractivity contribution in [3.63, 3.8) is 0 Å². The molecule has 6 nitrogen and oxygen atoms in total. The molecule has 4 aromatic rings. The molecule has 0 aliphatic carbocycles. The van der Waals surface area contributed by atoms with E-state index in [1.807, 2.05) is 79.7 Å². The number of nitrogens with zero attached hydrogens (tertiary/aromatic N) is 2. The third-order valence-corrected chi connectivity index (χ3v) is 5.08. The van der Waals surface area contributed by atoms with Crippen LogP contribution in [0.4, 0.5) is 5.69 Å². The summed E-state index contributed by atoms with van der Waals surface area (Å²) in [6.45, 7) is 2.23. The first-order valence-electron chi connectivity index (χ1n) is 10.2. The lowest BCUT2D eigenvalue weighted by molar-refractivity contribution is -0.134. The first-order valence-corrected chi connectivity index (χ1v) is 10.2. The first-order chi connectivity index (χ1) is 15.6. The monoisotopic (exact) mass is 423 g/mol. The Hall–Kier alpha value is -4.37. The Morgan fingerprint density at radius 2 is 1.72 bits per heavy atom. The number of para-hydroxylation sites is 2. The van der Waals surface area contributed by atoms with Gasteiger partial charge in [0.1, 0.15) is 23.9 Å². The number of carboxylic acid groups (broad SMARTS) is 1. The minimum atomic E-state index is -1.01. The molecule has 0 amide bonds. The topological polar surface area (TPSA) is 95.2 Å². The van der Waals surface area contributed by atoms with Gasteiger partial charge in [-0.3, -0.25) is 4.79 Å². The summed E-state index contributed by atoms with van der Waals surface area (Å²) in [7, 11) is 0. The lowest BCUT2D eigenvalue weighted by Gasteiger charge is -2.15. The number of carbonyl (C=O) groups is 1. The number of nitriles is 1.